The molecule has 0 unspecified atom stereocenters. The first-order chi connectivity index (χ1) is 15.0. The van der Waals surface area contributed by atoms with Gasteiger partial charge in [0.15, 0.2) is 5.11 Å². The van der Waals surface area contributed by atoms with E-state index in [0.717, 1.165) is 41.6 Å². The summed E-state index contributed by atoms with van der Waals surface area (Å²) in [6.07, 6.45) is 0.889. The van der Waals surface area contributed by atoms with Gasteiger partial charge in [-0.2, -0.15) is 0 Å². The highest BCUT2D eigenvalue weighted by Gasteiger charge is 2.15. The largest absolute Gasteiger partial charge is 0.497 e. The molecule has 0 bridgehead atoms. The van der Waals surface area contributed by atoms with E-state index in [1.807, 2.05) is 12.1 Å². The molecule has 4 nitrogen and oxygen atoms in total. The molecule has 0 radical (unpaired) electrons. The number of aromatic amines is 1. The zero-order valence-corrected chi connectivity index (χ0v) is 19.7. The standard InChI is InChI=1S/C25H27N3OS2/c1-17-6-4-7-19(14-17)27-25(30)28(16-21-8-5-13-31-21)12-11-22-18(2)26-24-10-9-20(29-3)15-23(22)24/h4-10,13-15,26H,11-12,16H2,1-3H3,(H,27,30). The van der Waals surface area contributed by atoms with Crippen LogP contribution in [-0.2, 0) is 13.0 Å². The molecule has 4 rings (SSSR count). The minimum atomic E-state index is 0.745. The van der Waals surface area contributed by atoms with Gasteiger partial charge in [0, 0.05) is 33.7 Å². The highest BCUT2D eigenvalue weighted by Crippen LogP contribution is 2.27. The van der Waals surface area contributed by atoms with Crippen LogP contribution in [0.4, 0.5) is 5.69 Å². The summed E-state index contributed by atoms with van der Waals surface area (Å²) in [5.74, 6) is 0.875. The van der Waals surface area contributed by atoms with Gasteiger partial charge in [-0.3, -0.25) is 0 Å². The van der Waals surface area contributed by atoms with Gasteiger partial charge in [-0.15, -0.1) is 11.3 Å². The van der Waals surface area contributed by atoms with Gasteiger partial charge >= 0.3 is 0 Å². The van der Waals surface area contributed by atoms with Crippen LogP contribution >= 0.6 is 23.6 Å². The van der Waals surface area contributed by atoms with Crippen LogP contribution in [0.3, 0.4) is 0 Å². The lowest BCUT2D eigenvalue weighted by molar-refractivity contribution is 0.415. The lowest BCUT2D eigenvalue weighted by Crippen LogP contribution is -2.35. The van der Waals surface area contributed by atoms with Gasteiger partial charge in [-0.05, 0) is 85.4 Å². The first kappa shape index (κ1) is 21.4. The maximum Gasteiger partial charge on any atom is 0.173 e. The molecule has 0 saturated heterocycles. The monoisotopic (exact) mass is 449 g/mol. The number of thiophene rings is 1. The zero-order valence-electron chi connectivity index (χ0n) is 18.1. The minimum absolute atomic E-state index is 0.745. The molecule has 0 aliphatic heterocycles. The highest BCUT2D eigenvalue weighted by atomic mass is 32.1. The quantitative estimate of drug-likeness (QED) is 0.325. The summed E-state index contributed by atoms with van der Waals surface area (Å²) in [4.78, 5) is 7.05. The molecule has 6 heteroatoms. The van der Waals surface area contributed by atoms with Crippen molar-refractivity contribution in [1.82, 2.24) is 9.88 Å². The van der Waals surface area contributed by atoms with Crippen molar-refractivity contribution in [3.05, 3.63) is 81.7 Å². The summed E-state index contributed by atoms with van der Waals surface area (Å²) in [5.41, 5.74) is 5.87. The maximum atomic E-state index is 5.83. The number of anilines is 1. The van der Waals surface area contributed by atoms with Gasteiger partial charge in [0.05, 0.1) is 13.7 Å². The number of hydrogen-bond acceptors (Lipinski definition) is 3. The Kier molecular flexibility index (Phi) is 6.59. The first-order valence-electron chi connectivity index (χ1n) is 10.3. The SMILES string of the molecule is COc1ccc2[nH]c(C)c(CCN(Cc3cccs3)C(=S)Nc3cccc(C)c3)c2c1. The Bertz CT molecular complexity index is 1180. The molecular weight excluding hydrogens is 422 g/mol. The van der Waals surface area contributed by atoms with Gasteiger partial charge in [0.2, 0.25) is 0 Å². The Hall–Kier alpha value is -2.83. The number of ether oxygens (including phenoxy) is 1. The predicted molar refractivity (Wildman–Crippen MR) is 135 cm³/mol. The Balaban J connectivity index is 1.55. The lowest BCUT2D eigenvalue weighted by Gasteiger charge is -2.26. The number of hydrogen-bond donors (Lipinski definition) is 2. The molecule has 0 saturated carbocycles. The molecule has 160 valence electrons. The van der Waals surface area contributed by atoms with E-state index in [1.165, 1.54) is 27.1 Å². The number of rotatable bonds is 7. The second-order valence-electron chi connectivity index (χ2n) is 7.69. The summed E-state index contributed by atoms with van der Waals surface area (Å²) in [6, 6.07) is 18.7. The molecule has 0 spiro atoms. The van der Waals surface area contributed by atoms with Crippen molar-refractivity contribution in [2.24, 2.45) is 0 Å². The molecule has 2 N–H and O–H groups in total. The van der Waals surface area contributed by atoms with Gasteiger partial charge in [-0.1, -0.05) is 18.2 Å². The Labute approximate surface area is 192 Å². The number of methoxy groups -OCH3 is 1. The molecule has 31 heavy (non-hydrogen) atoms. The molecule has 0 aliphatic carbocycles. The highest BCUT2D eigenvalue weighted by molar-refractivity contribution is 7.80. The van der Waals surface area contributed by atoms with E-state index in [-0.39, 0.29) is 0 Å². The van der Waals surface area contributed by atoms with E-state index in [4.69, 9.17) is 17.0 Å². The van der Waals surface area contributed by atoms with Gasteiger partial charge in [0.1, 0.15) is 5.75 Å². The van der Waals surface area contributed by atoms with Crippen LogP contribution in [0.25, 0.3) is 10.9 Å². The van der Waals surface area contributed by atoms with Crippen LogP contribution in [0.2, 0.25) is 0 Å². The van der Waals surface area contributed by atoms with Gasteiger partial charge < -0.3 is 19.9 Å². The first-order valence-corrected chi connectivity index (χ1v) is 11.6. The summed E-state index contributed by atoms with van der Waals surface area (Å²) in [6.45, 7) is 5.83. The smallest absolute Gasteiger partial charge is 0.173 e. The van der Waals surface area contributed by atoms with E-state index in [1.54, 1.807) is 18.4 Å². The molecular formula is C25H27N3OS2. The predicted octanol–water partition coefficient (Wildman–Crippen LogP) is 6.30. The maximum absolute atomic E-state index is 5.83. The third-order valence-corrected chi connectivity index (χ3v) is 6.66. The number of fused-ring (bicyclic) bond motifs is 1. The van der Waals surface area contributed by atoms with Crippen LogP contribution in [0, 0.1) is 13.8 Å². The third kappa shape index (κ3) is 5.09. The molecule has 2 aromatic heterocycles. The second-order valence-corrected chi connectivity index (χ2v) is 9.11. The number of nitrogens with one attached hydrogen (secondary N) is 2. The summed E-state index contributed by atoms with van der Waals surface area (Å²) in [5, 5.41) is 7.50. The van der Waals surface area contributed by atoms with Crippen molar-refractivity contribution >= 4 is 45.3 Å². The molecule has 2 heterocycles. The Morgan fingerprint density at radius 1 is 1.13 bits per heavy atom. The average molecular weight is 450 g/mol. The number of thiocarbonyl (C=S) groups is 1. The Morgan fingerprint density at radius 3 is 2.74 bits per heavy atom. The van der Waals surface area contributed by atoms with E-state index in [9.17, 15) is 0 Å². The van der Waals surface area contributed by atoms with Crippen molar-refractivity contribution in [3.8, 4) is 5.75 Å². The minimum Gasteiger partial charge on any atom is -0.497 e. The van der Waals surface area contributed by atoms with Crippen molar-refractivity contribution in [2.75, 3.05) is 19.0 Å². The van der Waals surface area contributed by atoms with Crippen molar-refractivity contribution in [2.45, 2.75) is 26.8 Å². The molecule has 0 atom stereocenters. The fraction of sp³-hybridized carbons (Fsp3) is 0.240. The average Bonchev–Trinajstić information content (AvgIpc) is 3.37. The summed E-state index contributed by atoms with van der Waals surface area (Å²) in [7, 11) is 1.71. The second kappa shape index (κ2) is 9.54. The van der Waals surface area contributed by atoms with Crippen molar-refractivity contribution in [3.63, 3.8) is 0 Å². The molecule has 0 amide bonds. The van der Waals surface area contributed by atoms with E-state index in [2.05, 4.69) is 76.9 Å². The number of aryl methyl sites for hydroxylation is 2. The van der Waals surface area contributed by atoms with Crippen LogP contribution in [0.5, 0.6) is 5.75 Å². The van der Waals surface area contributed by atoms with Gasteiger partial charge in [-0.25, -0.2) is 0 Å². The van der Waals surface area contributed by atoms with Crippen molar-refractivity contribution < 1.29 is 4.74 Å². The lowest BCUT2D eigenvalue weighted by atomic mass is 10.1. The number of nitrogens with zero attached hydrogens (tertiary/aromatic N) is 1. The van der Waals surface area contributed by atoms with Crippen LogP contribution in [0.1, 0.15) is 21.7 Å². The van der Waals surface area contributed by atoms with Crippen LogP contribution in [-0.4, -0.2) is 28.7 Å². The number of aromatic nitrogens is 1. The molecule has 0 fully saturated rings. The zero-order chi connectivity index (χ0) is 21.8. The van der Waals surface area contributed by atoms with E-state index in [0.29, 0.717) is 0 Å². The normalized spacial score (nSPS) is 10.9. The van der Waals surface area contributed by atoms with E-state index < -0.39 is 0 Å². The molecule has 4 aromatic rings. The third-order valence-electron chi connectivity index (χ3n) is 5.44. The summed E-state index contributed by atoms with van der Waals surface area (Å²) < 4.78 is 5.44. The topological polar surface area (TPSA) is 40.3 Å². The molecule has 2 aromatic carbocycles. The number of H-pyrrole nitrogens is 1. The van der Waals surface area contributed by atoms with Crippen LogP contribution in [0.15, 0.2) is 60.0 Å². The summed E-state index contributed by atoms with van der Waals surface area (Å²) >= 11 is 7.59. The van der Waals surface area contributed by atoms with Crippen LogP contribution < -0.4 is 10.1 Å². The Morgan fingerprint density at radius 2 is 2.00 bits per heavy atom. The number of benzene rings is 2. The van der Waals surface area contributed by atoms with Gasteiger partial charge in [0.25, 0.3) is 0 Å². The fourth-order valence-electron chi connectivity index (χ4n) is 3.83. The van der Waals surface area contributed by atoms with Crippen molar-refractivity contribution in [1.29, 1.82) is 0 Å². The molecule has 0 aliphatic rings. The fourth-order valence-corrected chi connectivity index (χ4v) is 4.82. The van der Waals surface area contributed by atoms with E-state index >= 15 is 0 Å².